The monoisotopic (exact) mass is 341 g/mol. The number of carboxylic acids is 1. The van der Waals surface area contributed by atoms with E-state index in [2.05, 4.69) is 21.2 Å². The van der Waals surface area contributed by atoms with Crippen LogP contribution in [-0.4, -0.2) is 24.1 Å². The van der Waals surface area contributed by atoms with E-state index in [9.17, 15) is 9.59 Å². The predicted octanol–water partition coefficient (Wildman–Crippen LogP) is 2.90. The van der Waals surface area contributed by atoms with Crippen LogP contribution in [0, 0.1) is 11.8 Å². The summed E-state index contributed by atoms with van der Waals surface area (Å²) in [6, 6.07) is 5.33. The third-order valence-electron chi connectivity index (χ3n) is 3.57. The van der Waals surface area contributed by atoms with E-state index in [1.807, 2.05) is 6.07 Å². The minimum Gasteiger partial charge on any atom is -0.495 e. The van der Waals surface area contributed by atoms with Crippen LogP contribution < -0.4 is 10.1 Å². The van der Waals surface area contributed by atoms with Crippen molar-refractivity contribution in [2.45, 2.75) is 19.3 Å². The summed E-state index contributed by atoms with van der Waals surface area (Å²) < 4.78 is 6.07. The molecule has 0 unspecified atom stereocenters. The van der Waals surface area contributed by atoms with Crippen molar-refractivity contribution < 1.29 is 19.4 Å². The first-order valence-corrected chi connectivity index (χ1v) is 7.17. The first-order chi connectivity index (χ1) is 9.51. The normalized spacial score (nSPS) is 21.5. The van der Waals surface area contributed by atoms with E-state index in [1.54, 1.807) is 12.1 Å². The van der Waals surface area contributed by atoms with Gasteiger partial charge in [0.1, 0.15) is 5.75 Å². The molecule has 1 aliphatic carbocycles. The van der Waals surface area contributed by atoms with Crippen molar-refractivity contribution in [1.29, 1.82) is 0 Å². The molecule has 1 aromatic carbocycles. The van der Waals surface area contributed by atoms with Gasteiger partial charge >= 0.3 is 5.97 Å². The van der Waals surface area contributed by atoms with Gasteiger partial charge < -0.3 is 15.2 Å². The van der Waals surface area contributed by atoms with Gasteiger partial charge in [0.25, 0.3) is 0 Å². The molecule has 2 atom stereocenters. The highest BCUT2D eigenvalue weighted by atomic mass is 79.9. The van der Waals surface area contributed by atoms with Crippen molar-refractivity contribution >= 4 is 33.5 Å². The smallest absolute Gasteiger partial charge is 0.306 e. The summed E-state index contributed by atoms with van der Waals surface area (Å²) >= 11 is 3.34. The lowest BCUT2D eigenvalue weighted by Crippen LogP contribution is -2.22. The lowest BCUT2D eigenvalue weighted by atomic mass is 10.0. The van der Waals surface area contributed by atoms with Gasteiger partial charge in [0, 0.05) is 10.4 Å². The Kier molecular flexibility index (Phi) is 4.65. The van der Waals surface area contributed by atoms with Crippen molar-refractivity contribution in [2.24, 2.45) is 11.8 Å². The fraction of sp³-hybridized carbons (Fsp3) is 0.429. The number of hydrogen-bond acceptors (Lipinski definition) is 3. The summed E-state index contributed by atoms with van der Waals surface area (Å²) in [7, 11) is 1.54. The number of benzene rings is 1. The van der Waals surface area contributed by atoms with Gasteiger partial charge in [-0.3, -0.25) is 9.59 Å². The minimum atomic E-state index is -0.818. The first-order valence-electron chi connectivity index (χ1n) is 6.38. The van der Waals surface area contributed by atoms with Gasteiger partial charge in [-0.1, -0.05) is 15.9 Å². The molecular formula is C14H16BrNO4. The fourth-order valence-corrected chi connectivity index (χ4v) is 2.79. The molecule has 6 heteroatoms. The summed E-state index contributed by atoms with van der Waals surface area (Å²) in [5.41, 5.74) is 0.597. The molecule has 0 aliphatic heterocycles. The van der Waals surface area contributed by atoms with Crippen LogP contribution in [0.3, 0.4) is 0 Å². The Bertz CT molecular complexity index is 532. The van der Waals surface area contributed by atoms with Crippen molar-refractivity contribution in [1.82, 2.24) is 0 Å². The van der Waals surface area contributed by atoms with Crippen molar-refractivity contribution in [3.8, 4) is 5.75 Å². The Morgan fingerprint density at radius 3 is 2.65 bits per heavy atom. The Morgan fingerprint density at radius 2 is 2.05 bits per heavy atom. The molecule has 5 nitrogen and oxygen atoms in total. The molecule has 108 valence electrons. The van der Waals surface area contributed by atoms with E-state index in [1.165, 1.54) is 7.11 Å². The van der Waals surface area contributed by atoms with E-state index >= 15 is 0 Å². The van der Waals surface area contributed by atoms with E-state index < -0.39 is 11.9 Å². The number of carbonyl (C=O) groups excluding carboxylic acids is 1. The van der Waals surface area contributed by atoms with Crippen molar-refractivity contribution in [3.63, 3.8) is 0 Å². The standard InChI is InChI=1S/C14H16BrNO4/c1-20-12-7-10(15)4-5-11(12)16-13(17)8-2-3-9(6-8)14(18)19/h4-5,7-9H,2-3,6H2,1H3,(H,16,17)(H,18,19)/t8-,9-/m0/s1. The molecule has 2 N–H and O–H groups in total. The van der Waals surface area contributed by atoms with Crippen LogP contribution in [0.25, 0.3) is 0 Å². The highest BCUT2D eigenvalue weighted by Crippen LogP contribution is 2.33. The maximum Gasteiger partial charge on any atom is 0.306 e. The van der Waals surface area contributed by atoms with Crippen molar-refractivity contribution in [3.05, 3.63) is 22.7 Å². The van der Waals surface area contributed by atoms with Crippen LogP contribution >= 0.6 is 15.9 Å². The molecule has 20 heavy (non-hydrogen) atoms. The zero-order valence-corrected chi connectivity index (χ0v) is 12.6. The van der Waals surface area contributed by atoms with Gasteiger partial charge in [0.2, 0.25) is 5.91 Å². The predicted molar refractivity (Wildman–Crippen MR) is 77.8 cm³/mol. The highest BCUT2D eigenvalue weighted by molar-refractivity contribution is 9.10. The van der Waals surface area contributed by atoms with Crippen LogP contribution in [0.15, 0.2) is 22.7 Å². The van der Waals surface area contributed by atoms with Crippen molar-refractivity contribution in [2.75, 3.05) is 12.4 Å². The number of nitrogens with one attached hydrogen (secondary N) is 1. The molecule has 0 bridgehead atoms. The van der Waals surface area contributed by atoms with E-state index in [-0.39, 0.29) is 11.8 Å². The summed E-state index contributed by atoms with van der Waals surface area (Å²) in [5, 5.41) is 11.8. The number of amides is 1. The Hall–Kier alpha value is -1.56. The van der Waals surface area contributed by atoms with E-state index in [4.69, 9.17) is 9.84 Å². The zero-order chi connectivity index (χ0) is 14.7. The lowest BCUT2D eigenvalue weighted by Gasteiger charge is -2.13. The lowest BCUT2D eigenvalue weighted by molar-refractivity contribution is -0.141. The maximum atomic E-state index is 12.2. The molecule has 1 aliphatic rings. The average Bonchev–Trinajstić information content (AvgIpc) is 2.90. The molecule has 1 amide bonds. The number of methoxy groups -OCH3 is 1. The molecule has 0 spiro atoms. The second-order valence-corrected chi connectivity index (χ2v) is 5.79. The fourth-order valence-electron chi connectivity index (χ4n) is 2.45. The number of halogens is 1. The molecule has 1 fully saturated rings. The second kappa shape index (κ2) is 6.26. The number of carboxylic acid groups (broad SMARTS) is 1. The summed E-state index contributed by atoms with van der Waals surface area (Å²) in [6.07, 6.45) is 1.58. The zero-order valence-electron chi connectivity index (χ0n) is 11.1. The van der Waals surface area contributed by atoms with Crippen LogP contribution in [0.2, 0.25) is 0 Å². The van der Waals surface area contributed by atoms with Crippen LogP contribution in [-0.2, 0) is 9.59 Å². The third-order valence-corrected chi connectivity index (χ3v) is 4.07. The average molecular weight is 342 g/mol. The highest BCUT2D eigenvalue weighted by Gasteiger charge is 2.34. The number of carbonyl (C=O) groups is 2. The molecular weight excluding hydrogens is 326 g/mol. The Balaban J connectivity index is 2.04. The van der Waals surface area contributed by atoms with Gasteiger partial charge in [-0.25, -0.2) is 0 Å². The molecule has 2 rings (SSSR count). The first kappa shape index (κ1) is 14.8. The van der Waals surface area contributed by atoms with Gasteiger partial charge in [-0.05, 0) is 37.5 Å². The number of ether oxygens (including phenoxy) is 1. The van der Waals surface area contributed by atoms with Crippen LogP contribution in [0.1, 0.15) is 19.3 Å². The topological polar surface area (TPSA) is 75.6 Å². The Morgan fingerprint density at radius 1 is 1.35 bits per heavy atom. The van der Waals surface area contributed by atoms with Gasteiger partial charge in [0.15, 0.2) is 0 Å². The van der Waals surface area contributed by atoms with Gasteiger partial charge in [-0.2, -0.15) is 0 Å². The van der Waals surface area contributed by atoms with Gasteiger partial charge in [-0.15, -0.1) is 0 Å². The number of hydrogen-bond donors (Lipinski definition) is 2. The Labute approximate surface area is 125 Å². The van der Waals surface area contributed by atoms with Crippen LogP contribution in [0.5, 0.6) is 5.75 Å². The molecule has 0 radical (unpaired) electrons. The summed E-state index contributed by atoms with van der Waals surface area (Å²) in [5.74, 6) is -1.04. The SMILES string of the molecule is COc1cc(Br)ccc1NC(=O)[C@H]1CC[C@H](C(=O)O)C1. The summed E-state index contributed by atoms with van der Waals surface area (Å²) in [6.45, 7) is 0. The second-order valence-electron chi connectivity index (χ2n) is 4.88. The number of rotatable bonds is 4. The molecule has 0 heterocycles. The molecule has 0 saturated heterocycles. The quantitative estimate of drug-likeness (QED) is 0.882. The molecule has 1 saturated carbocycles. The largest absolute Gasteiger partial charge is 0.495 e. The van der Waals surface area contributed by atoms with Gasteiger partial charge in [0.05, 0.1) is 18.7 Å². The van der Waals surface area contributed by atoms with Crippen LogP contribution in [0.4, 0.5) is 5.69 Å². The van der Waals surface area contributed by atoms with E-state index in [0.29, 0.717) is 30.7 Å². The van der Waals surface area contributed by atoms with E-state index in [0.717, 1.165) is 4.47 Å². The summed E-state index contributed by atoms with van der Waals surface area (Å²) in [4.78, 5) is 23.1. The number of anilines is 1. The number of aliphatic carboxylic acids is 1. The molecule has 1 aromatic rings. The molecule has 0 aromatic heterocycles. The third kappa shape index (κ3) is 3.30. The minimum absolute atomic E-state index is 0.144. The maximum absolute atomic E-state index is 12.2.